The lowest BCUT2D eigenvalue weighted by atomic mass is 10.4. The number of hydrogen-bond donors (Lipinski definition) is 1. The van der Waals surface area contributed by atoms with E-state index in [-0.39, 0.29) is 29.3 Å². The third-order valence-electron chi connectivity index (χ3n) is 2.22. The van der Waals surface area contributed by atoms with Gasteiger partial charge in [0.15, 0.2) is 0 Å². The molecular weight excluding hydrogens is 306 g/mol. The van der Waals surface area contributed by atoms with Crippen LogP contribution in [0.1, 0.15) is 23.0 Å². The number of thiophene rings is 1. The Bertz CT molecular complexity index is 577. The molecule has 0 aliphatic heterocycles. The predicted molar refractivity (Wildman–Crippen MR) is 72.1 cm³/mol. The van der Waals surface area contributed by atoms with Crippen molar-refractivity contribution in [3.63, 3.8) is 0 Å². The largest absolute Gasteiger partial charge is 0.466 e. The zero-order valence-corrected chi connectivity index (χ0v) is 12.7. The highest BCUT2D eigenvalue weighted by atomic mass is 32.2. The molecule has 0 aliphatic carbocycles. The van der Waals surface area contributed by atoms with Crippen molar-refractivity contribution in [1.29, 1.82) is 0 Å². The van der Waals surface area contributed by atoms with E-state index < -0.39 is 22.0 Å². The third kappa shape index (κ3) is 4.29. The van der Waals surface area contributed by atoms with Gasteiger partial charge in [0.2, 0.25) is 10.0 Å². The Hall–Kier alpha value is -1.45. The lowest BCUT2D eigenvalue weighted by Gasteiger charge is -2.06. The lowest BCUT2D eigenvalue weighted by Crippen LogP contribution is -2.27. The molecule has 0 saturated heterocycles. The molecule has 0 atom stereocenters. The Morgan fingerprint density at radius 3 is 2.70 bits per heavy atom. The topological polar surface area (TPSA) is 98.8 Å². The summed E-state index contributed by atoms with van der Waals surface area (Å²) in [7, 11) is -2.69. The van der Waals surface area contributed by atoms with Crippen LogP contribution in [0.4, 0.5) is 0 Å². The molecule has 0 spiro atoms. The average Bonchev–Trinajstić information content (AvgIpc) is 2.88. The van der Waals surface area contributed by atoms with Crippen LogP contribution in [0.25, 0.3) is 0 Å². The number of ether oxygens (including phenoxy) is 2. The van der Waals surface area contributed by atoms with E-state index in [1.54, 1.807) is 6.92 Å². The van der Waals surface area contributed by atoms with Crippen LogP contribution in [0.3, 0.4) is 0 Å². The summed E-state index contributed by atoms with van der Waals surface area (Å²) in [6, 6.07) is 1.31. The zero-order valence-electron chi connectivity index (χ0n) is 11.0. The van der Waals surface area contributed by atoms with Crippen molar-refractivity contribution < 1.29 is 27.5 Å². The second kappa shape index (κ2) is 7.36. The van der Waals surface area contributed by atoms with Crippen LogP contribution in [0.5, 0.6) is 0 Å². The van der Waals surface area contributed by atoms with Gasteiger partial charge in [0.1, 0.15) is 9.77 Å². The van der Waals surface area contributed by atoms with Crippen molar-refractivity contribution in [1.82, 2.24) is 4.72 Å². The maximum atomic E-state index is 12.0. The summed E-state index contributed by atoms with van der Waals surface area (Å²) in [5.41, 5.74) is 0. The minimum absolute atomic E-state index is 0.00358. The maximum absolute atomic E-state index is 12.0. The Kier molecular flexibility index (Phi) is 6.11. The molecule has 20 heavy (non-hydrogen) atoms. The average molecular weight is 321 g/mol. The van der Waals surface area contributed by atoms with Gasteiger partial charge in [-0.15, -0.1) is 11.3 Å². The Morgan fingerprint density at radius 1 is 1.40 bits per heavy atom. The fourth-order valence-electron chi connectivity index (χ4n) is 1.35. The first-order chi connectivity index (χ1) is 9.42. The zero-order chi connectivity index (χ0) is 15.2. The van der Waals surface area contributed by atoms with Crippen molar-refractivity contribution in [2.75, 3.05) is 20.3 Å². The van der Waals surface area contributed by atoms with Gasteiger partial charge in [-0.2, -0.15) is 0 Å². The van der Waals surface area contributed by atoms with E-state index in [4.69, 9.17) is 0 Å². The van der Waals surface area contributed by atoms with Crippen LogP contribution >= 0.6 is 11.3 Å². The summed E-state index contributed by atoms with van der Waals surface area (Å²) < 4.78 is 35.5. The molecule has 0 unspecified atom stereocenters. The normalized spacial score (nSPS) is 11.1. The van der Waals surface area contributed by atoms with E-state index >= 15 is 0 Å². The van der Waals surface area contributed by atoms with E-state index in [1.807, 2.05) is 0 Å². The number of nitrogens with one attached hydrogen (secondary N) is 1. The summed E-state index contributed by atoms with van der Waals surface area (Å²) in [5.74, 6) is -1.21. The molecule has 1 N–H and O–H groups in total. The van der Waals surface area contributed by atoms with Gasteiger partial charge in [-0.05, 0) is 18.4 Å². The summed E-state index contributed by atoms with van der Waals surface area (Å²) in [6.45, 7) is 1.80. The highest BCUT2D eigenvalue weighted by Gasteiger charge is 2.24. The molecular formula is C11H15NO6S2. The molecule has 0 saturated carbocycles. The first-order valence-electron chi connectivity index (χ1n) is 5.73. The summed E-state index contributed by atoms with van der Waals surface area (Å²) >= 11 is 0.972. The van der Waals surface area contributed by atoms with Gasteiger partial charge in [0.25, 0.3) is 0 Å². The molecule has 9 heteroatoms. The fraction of sp³-hybridized carbons (Fsp3) is 0.455. The Labute approximate surface area is 120 Å². The van der Waals surface area contributed by atoms with Crippen LogP contribution in [-0.4, -0.2) is 40.6 Å². The van der Waals surface area contributed by atoms with Crippen LogP contribution in [-0.2, 0) is 24.3 Å². The van der Waals surface area contributed by atoms with Crippen molar-refractivity contribution in [2.24, 2.45) is 0 Å². The summed E-state index contributed by atoms with van der Waals surface area (Å²) in [4.78, 5) is 22.4. The second-order valence-electron chi connectivity index (χ2n) is 3.56. The molecule has 0 aliphatic rings. The highest BCUT2D eigenvalue weighted by Crippen LogP contribution is 2.22. The molecule has 112 valence electrons. The van der Waals surface area contributed by atoms with Gasteiger partial charge < -0.3 is 9.47 Å². The van der Waals surface area contributed by atoms with Crippen LogP contribution in [0.15, 0.2) is 16.3 Å². The first kappa shape index (κ1) is 16.6. The second-order valence-corrected chi connectivity index (χ2v) is 6.21. The SMILES string of the molecule is CCOC(=O)CCNS(=O)(=O)c1ccsc1C(=O)OC. The molecule has 1 aromatic rings. The third-order valence-corrected chi connectivity index (χ3v) is 4.74. The van der Waals surface area contributed by atoms with Gasteiger partial charge in [-0.3, -0.25) is 4.79 Å². The standard InChI is InChI=1S/C11H15NO6S2/c1-3-18-9(13)4-6-12-20(15,16)8-5-7-19-10(8)11(14)17-2/h5,7,12H,3-4,6H2,1-2H3. The van der Waals surface area contributed by atoms with E-state index in [0.29, 0.717) is 0 Å². The molecule has 7 nitrogen and oxygen atoms in total. The summed E-state index contributed by atoms with van der Waals surface area (Å²) in [6.07, 6.45) is -0.0786. The van der Waals surface area contributed by atoms with Gasteiger partial charge in [-0.25, -0.2) is 17.9 Å². The van der Waals surface area contributed by atoms with E-state index in [2.05, 4.69) is 14.2 Å². The monoisotopic (exact) mass is 321 g/mol. The van der Waals surface area contributed by atoms with Gasteiger partial charge in [0.05, 0.1) is 20.1 Å². The number of hydrogen-bond acceptors (Lipinski definition) is 7. The molecule has 1 rings (SSSR count). The number of rotatable bonds is 7. The Morgan fingerprint density at radius 2 is 2.10 bits per heavy atom. The Balaban J connectivity index is 2.72. The quantitative estimate of drug-likeness (QED) is 0.745. The number of methoxy groups -OCH3 is 1. The molecule has 1 heterocycles. The van der Waals surface area contributed by atoms with Gasteiger partial charge in [0, 0.05) is 6.54 Å². The number of carbonyl (C=O) groups excluding carboxylic acids is 2. The molecule has 0 fully saturated rings. The van der Waals surface area contributed by atoms with Crippen molar-refractivity contribution in [3.05, 3.63) is 16.3 Å². The fourth-order valence-corrected chi connectivity index (χ4v) is 3.71. The van der Waals surface area contributed by atoms with Gasteiger partial charge >= 0.3 is 11.9 Å². The lowest BCUT2D eigenvalue weighted by molar-refractivity contribution is -0.142. The number of sulfonamides is 1. The minimum atomic E-state index is -3.86. The van der Waals surface area contributed by atoms with Crippen LogP contribution < -0.4 is 4.72 Å². The first-order valence-corrected chi connectivity index (χ1v) is 8.09. The smallest absolute Gasteiger partial charge is 0.349 e. The minimum Gasteiger partial charge on any atom is -0.466 e. The van der Waals surface area contributed by atoms with Gasteiger partial charge in [-0.1, -0.05) is 0 Å². The van der Waals surface area contributed by atoms with Crippen molar-refractivity contribution in [3.8, 4) is 0 Å². The van der Waals surface area contributed by atoms with Crippen LogP contribution in [0.2, 0.25) is 0 Å². The van der Waals surface area contributed by atoms with E-state index in [0.717, 1.165) is 11.3 Å². The summed E-state index contributed by atoms with van der Waals surface area (Å²) in [5, 5.41) is 1.48. The molecule has 1 aromatic heterocycles. The molecule has 0 radical (unpaired) electrons. The maximum Gasteiger partial charge on any atom is 0.349 e. The van der Waals surface area contributed by atoms with Crippen molar-refractivity contribution >= 4 is 33.3 Å². The van der Waals surface area contributed by atoms with Crippen molar-refractivity contribution in [2.45, 2.75) is 18.2 Å². The van der Waals surface area contributed by atoms with E-state index in [1.165, 1.54) is 18.6 Å². The number of esters is 2. The number of carbonyl (C=O) groups is 2. The van der Waals surface area contributed by atoms with Crippen LogP contribution in [0, 0.1) is 0 Å². The van der Waals surface area contributed by atoms with E-state index in [9.17, 15) is 18.0 Å². The molecule has 0 amide bonds. The highest BCUT2D eigenvalue weighted by molar-refractivity contribution is 7.89. The molecule has 0 aromatic carbocycles. The molecule has 0 bridgehead atoms. The predicted octanol–water partition coefficient (Wildman–Crippen LogP) is 0.766.